The largest absolute Gasteiger partial charge is 0.464 e. The van der Waals surface area contributed by atoms with Gasteiger partial charge in [0, 0.05) is 0 Å². The molecule has 2 heterocycles. The van der Waals surface area contributed by atoms with E-state index in [1.54, 1.807) is 0 Å². The maximum absolute atomic E-state index is 11.5. The van der Waals surface area contributed by atoms with Crippen molar-refractivity contribution in [1.82, 2.24) is 25.0 Å². The number of nitrogen functional groups attached to an aromatic ring is 1. The highest BCUT2D eigenvalue weighted by molar-refractivity contribution is 5.92. The molecule has 8 nitrogen and oxygen atoms in total. The number of aryl methyl sites for hydroxylation is 2. The molecular formula is C12H16N6O2. The molecule has 0 bridgehead atoms. The minimum absolute atomic E-state index is 0.0358. The first-order valence-electron chi connectivity index (χ1n) is 6.27. The van der Waals surface area contributed by atoms with Gasteiger partial charge in [-0.1, -0.05) is 13.8 Å². The fraction of sp³-hybridized carbons (Fsp3) is 0.417. The van der Waals surface area contributed by atoms with E-state index in [1.165, 1.54) is 18.0 Å². The molecule has 0 fully saturated rings. The van der Waals surface area contributed by atoms with E-state index in [1.807, 2.05) is 13.8 Å². The van der Waals surface area contributed by atoms with E-state index in [2.05, 4.69) is 25.0 Å². The predicted molar refractivity (Wildman–Crippen MR) is 71.5 cm³/mol. The second-order valence-electron chi connectivity index (χ2n) is 4.08. The Labute approximate surface area is 116 Å². The summed E-state index contributed by atoms with van der Waals surface area (Å²) < 4.78 is 5.92. The summed E-state index contributed by atoms with van der Waals surface area (Å²) in [5.74, 6) is -0.323. The molecule has 0 saturated heterocycles. The van der Waals surface area contributed by atoms with Crippen molar-refractivity contribution in [2.75, 3.05) is 12.8 Å². The number of rotatable bonds is 4. The van der Waals surface area contributed by atoms with Crippen molar-refractivity contribution in [3.8, 4) is 5.95 Å². The standard InChI is InChI=1S/C12H16N6O2/c1-4-8-9(5-2)15-16-12(14-8)18-6-7(13)10(17-18)11(19)20-3/h6H,4-5,13H2,1-3H3. The number of carbonyl (C=O) groups excluding carboxylic acids is 1. The van der Waals surface area contributed by atoms with Crippen LogP contribution in [0.15, 0.2) is 6.20 Å². The summed E-state index contributed by atoms with van der Waals surface area (Å²) in [4.78, 5) is 15.9. The molecule has 2 aromatic heterocycles. The van der Waals surface area contributed by atoms with E-state index >= 15 is 0 Å². The Morgan fingerprint density at radius 1 is 1.30 bits per heavy atom. The lowest BCUT2D eigenvalue weighted by Crippen LogP contribution is -2.11. The van der Waals surface area contributed by atoms with Crippen LogP contribution in [0.25, 0.3) is 5.95 Å². The number of anilines is 1. The molecule has 0 aliphatic heterocycles. The van der Waals surface area contributed by atoms with Crippen LogP contribution >= 0.6 is 0 Å². The van der Waals surface area contributed by atoms with E-state index in [-0.39, 0.29) is 17.3 Å². The maximum Gasteiger partial charge on any atom is 0.360 e. The molecular weight excluding hydrogens is 260 g/mol. The third kappa shape index (κ3) is 2.44. The quantitative estimate of drug-likeness (QED) is 0.812. The van der Waals surface area contributed by atoms with Crippen LogP contribution in [-0.4, -0.2) is 38.0 Å². The Hall–Kier alpha value is -2.51. The van der Waals surface area contributed by atoms with Gasteiger partial charge in [-0.25, -0.2) is 14.5 Å². The van der Waals surface area contributed by atoms with E-state index in [0.29, 0.717) is 0 Å². The average Bonchev–Trinajstić information content (AvgIpc) is 2.87. The third-order valence-corrected chi connectivity index (χ3v) is 2.82. The number of hydrogen-bond donors (Lipinski definition) is 1. The van der Waals surface area contributed by atoms with Gasteiger partial charge in [0.2, 0.25) is 0 Å². The summed E-state index contributed by atoms with van der Waals surface area (Å²) in [6.07, 6.45) is 2.97. The van der Waals surface area contributed by atoms with Gasteiger partial charge in [0.1, 0.15) is 0 Å². The van der Waals surface area contributed by atoms with Gasteiger partial charge in [-0.3, -0.25) is 0 Å². The molecule has 0 saturated carbocycles. The normalized spacial score (nSPS) is 10.6. The van der Waals surface area contributed by atoms with Gasteiger partial charge in [0.15, 0.2) is 5.69 Å². The van der Waals surface area contributed by atoms with Crippen molar-refractivity contribution in [3.63, 3.8) is 0 Å². The van der Waals surface area contributed by atoms with Gasteiger partial charge in [-0.15, -0.1) is 10.2 Å². The van der Waals surface area contributed by atoms with Crippen LogP contribution in [-0.2, 0) is 17.6 Å². The van der Waals surface area contributed by atoms with E-state index in [4.69, 9.17) is 5.73 Å². The van der Waals surface area contributed by atoms with E-state index in [0.717, 1.165) is 24.2 Å². The summed E-state index contributed by atoms with van der Waals surface area (Å²) in [5.41, 5.74) is 7.67. The molecule has 8 heteroatoms. The summed E-state index contributed by atoms with van der Waals surface area (Å²) >= 11 is 0. The SMILES string of the molecule is CCc1nnc(-n2cc(N)c(C(=O)OC)n2)nc1CC. The smallest absolute Gasteiger partial charge is 0.360 e. The van der Waals surface area contributed by atoms with Gasteiger partial charge in [0.25, 0.3) is 5.95 Å². The molecule has 2 rings (SSSR count). The molecule has 0 aliphatic rings. The molecule has 2 aromatic rings. The Morgan fingerprint density at radius 2 is 2.00 bits per heavy atom. The molecule has 106 valence electrons. The zero-order valence-corrected chi connectivity index (χ0v) is 11.6. The van der Waals surface area contributed by atoms with E-state index in [9.17, 15) is 4.79 Å². The first-order valence-corrected chi connectivity index (χ1v) is 6.27. The molecule has 2 N–H and O–H groups in total. The fourth-order valence-corrected chi connectivity index (χ4v) is 1.77. The van der Waals surface area contributed by atoms with Gasteiger partial charge in [0.05, 0.1) is 30.4 Å². The van der Waals surface area contributed by atoms with Crippen molar-refractivity contribution >= 4 is 11.7 Å². The zero-order valence-electron chi connectivity index (χ0n) is 11.6. The molecule has 0 amide bonds. The maximum atomic E-state index is 11.5. The van der Waals surface area contributed by atoms with E-state index < -0.39 is 5.97 Å². The Balaban J connectivity index is 2.44. The number of carbonyl (C=O) groups is 1. The van der Waals surface area contributed by atoms with Crippen LogP contribution in [0.3, 0.4) is 0 Å². The van der Waals surface area contributed by atoms with Crippen molar-refractivity contribution < 1.29 is 9.53 Å². The number of nitrogens with zero attached hydrogens (tertiary/aromatic N) is 5. The van der Waals surface area contributed by atoms with Crippen molar-refractivity contribution in [3.05, 3.63) is 23.3 Å². The van der Waals surface area contributed by atoms with Crippen LogP contribution in [0.5, 0.6) is 0 Å². The predicted octanol–water partition coefficient (Wildman–Crippen LogP) is 0.551. The molecule has 0 unspecified atom stereocenters. The lowest BCUT2D eigenvalue weighted by molar-refractivity contribution is 0.0594. The summed E-state index contributed by atoms with van der Waals surface area (Å²) in [5, 5.41) is 12.2. The van der Waals surface area contributed by atoms with Crippen molar-refractivity contribution in [1.29, 1.82) is 0 Å². The average molecular weight is 276 g/mol. The van der Waals surface area contributed by atoms with Gasteiger partial charge < -0.3 is 10.5 Å². The number of nitrogens with two attached hydrogens (primary N) is 1. The minimum Gasteiger partial charge on any atom is -0.464 e. The lowest BCUT2D eigenvalue weighted by atomic mass is 10.2. The highest BCUT2D eigenvalue weighted by Crippen LogP contribution is 2.13. The van der Waals surface area contributed by atoms with Gasteiger partial charge in [-0.05, 0) is 12.8 Å². The summed E-state index contributed by atoms with van der Waals surface area (Å²) in [7, 11) is 1.27. The van der Waals surface area contributed by atoms with Crippen LogP contribution in [0, 0.1) is 0 Å². The lowest BCUT2D eigenvalue weighted by Gasteiger charge is -2.04. The summed E-state index contributed by atoms with van der Waals surface area (Å²) in [6.45, 7) is 3.98. The minimum atomic E-state index is -0.602. The second-order valence-corrected chi connectivity index (χ2v) is 4.08. The Morgan fingerprint density at radius 3 is 2.60 bits per heavy atom. The van der Waals surface area contributed by atoms with Crippen LogP contribution in [0.1, 0.15) is 35.7 Å². The molecule has 20 heavy (non-hydrogen) atoms. The molecule has 0 aromatic carbocycles. The monoisotopic (exact) mass is 276 g/mol. The number of aromatic nitrogens is 5. The number of methoxy groups -OCH3 is 1. The first kappa shape index (κ1) is 13.9. The topological polar surface area (TPSA) is 109 Å². The zero-order chi connectivity index (χ0) is 14.7. The first-order chi connectivity index (χ1) is 9.60. The Kier molecular flexibility index (Phi) is 3.92. The second kappa shape index (κ2) is 5.64. The van der Waals surface area contributed by atoms with Crippen molar-refractivity contribution in [2.45, 2.75) is 26.7 Å². The van der Waals surface area contributed by atoms with Gasteiger partial charge in [-0.2, -0.15) is 5.10 Å². The number of esters is 1. The van der Waals surface area contributed by atoms with Crippen LogP contribution in [0.2, 0.25) is 0 Å². The molecule has 0 aliphatic carbocycles. The molecule has 0 radical (unpaired) electrons. The molecule has 0 atom stereocenters. The highest BCUT2D eigenvalue weighted by atomic mass is 16.5. The van der Waals surface area contributed by atoms with Gasteiger partial charge >= 0.3 is 5.97 Å². The number of ether oxygens (including phenoxy) is 1. The fourth-order valence-electron chi connectivity index (χ4n) is 1.77. The third-order valence-electron chi connectivity index (χ3n) is 2.82. The number of hydrogen-bond acceptors (Lipinski definition) is 7. The van der Waals surface area contributed by atoms with Crippen LogP contribution in [0.4, 0.5) is 5.69 Å². The van der Waals surface area contributed by atoms with Crippen LogP contribution < -0.4 is 5.73 Å². The Bertz CT molecular complexity index is 637. The van der Waals surface area contributed by atoms with Crippen molar-refractivity contribution in [2.24, 2.45) is 0 Å². The molecule has 0 spiro atoms. The highest BCUT2D eigenvalue weighted by Gasteiger charge is 2.17. The summed E-state index contributed by atoms with van der Waals surface area (Å²) in [6, 6.07) is 0.